The van der Waals surface area contributed by atoms with Crippen LogP contribution >= 0.6 is 0 Å². The fourth-order valence-corrected chi connectivity index (χ4v) is 5.03. The molecule has 0 bridgehead atoms. The molecule has 0 amide bonds. The van der Waals surface area contributed by atoms with Crippen LogP contribution in [0.25, 0.3) is 22.2 Å². The van der Waals surface area contributed by atoms with E-state index in [1.165, 1.54) is 0 Å². The van der Waals surface area contributed by atoms with Crippen molar-refractivity contribution < 1.29 is 9.16 Å². The molecule has 4 rings (SSSR count). The number of methoxy groups -OCH3 is 1. The highest BCUT2D eigenvalue weighted by Crippen LogP contribution is 2.40. The van der Waals surface area contributed by atoms with Crippen LogP contribution in [-0.4, -0.2) is 34.9 Å². The van der Waals surface area contributed by atoms with E-state index in [2.05, 4.69) is 54.1 Å². The zero-order valence-electron chi connectivity index (χ0n) is 23.1. The average molecular weight is 518 g/mol. The first-order valence-corrected chi connectivity index (χ1v) is 15.2. The first-order chi connectivity index (χ1) is 17.3. The van der Waals surface area contributed by atoms with Gasteiger partial charge in [-0.25, -0.2) is 9.97 Å². The Morgan fingerprint density at radius 1 is 1.03 bits per heavy atom. The lowest BCUT2D eigenvalue weighted by Gasteiger charge is -2.37. The van der Waals surface area contributed by atoms with Gasteiger partial charge in [0.15, 0.2) is 0 Å². The predicted molar refractivity (Wildman–Crippen MR) is 152 cm³/mol. The van der Waals surface area contributed by atoms with Gasteiger partial charge in [0.05, 0.1) is 13.3 Å². The molecule has 1 N–H and O–H groups in total. The second-order valence-corrected chi connectivity index (χ2v) is 15.6. The average Bonchev–Trinajstić information content (AvgIpc) is 2.84. The summed E-state index contributed by atoms with van der Waals surface area (Å²) >= 11 is 0. The van der Waals surface area contributed by atoms with E-state index in [0.29, 0.717) is 28.7 Å². The van der Waals surface area contributed by atoms with E-state index in [1.54, 1.807) is 43.3 Å². The van der Waals surface area contributed by atoms with Gasteiger partial charge in [0.25, 0.3) is 5.56 Å². The van der Waals surface area contributed by atoms with Crippen molar-refractivity contribution in [2.45, 2.75) is 52.8 Å². The molecule has 8 nitrogen and oxygen atoms in total. The van der Waals surface area contributed by atoms with Crippen molar-refractivity contribution >= 4 is 31.1 Å². The monoisotopic (exact) mass is 517 g/mol. The minimum atomic E-state index is -2.05. The molecule has 37 heavy (non-hydrogen) atoms. The topological polar surface area (TPSA) is 91.2 Å². The van der Waals surface area contributed by atoms with Crippen molar-refractivity contribution in [2.75, 3.05) is 12.4 Å². The Morgan fingerprint density at radius 3 is 2.38 bits per heavy atom. The van der Waals surface area contributed by atoms with Crippen LogP contribution in [0.5, 0.6) is 11.5 Å². The third-order valence-electron chi connectivity index (χ3n) is 7.22. The second-order valence-electron chi connectivity index (χ2n) is 10.8. The normalized spacial score (nSPS) is 12.0. The fourth-order valence-electron chi connectivity index (χ4n) is 3.96. The lowest BCUT2D eigenvalue weighted by molar-refractivity contribution is 0.413. The molecule has 0 fully saturated rings. The van der Waals surface area contributed by atoms with Crippen molar-refractivity contribution in [3.8, 4) is 22.6 Å². The van der Waals surface area contributed by atoms with Gasteiger partial charge in [0, 0.05) is 24.2 Å². The molecule has 1 aromatic carbocycles. The summed E-state index contributed by atoms with van der Waals surface area (Å²) in [5.74, 6) is 2.41. The van der Waals surface area contributed by atoms with E-state index < -0.39 is 8.32 Å². The molecule has 3 heterocycles. The maximum Gasteiger partial charge on any atom is 0.259 e. The smallest absolute Gasteiger partial charge is 0.259 e. The number of nitrogens with one attached hydrogen (secondary N) is 1. The molecule has 9 heteroatoms. The minimum Gasteiger partial charge on any atom is -0.543 e. The Kier molecular flexibility index (Phi) is 6.85. The first-order valence-electron chi connectivity index (χ1n) is 12.3. The van der Waals surface area contributed by atoms with Crippen molar-refractivity contribution in [1.29, 1.82) is 0 Å². The summed E-state index contributed by atoms with van der Waals surface area (Å²) < 4.78 is 13.4. The number of hydrogen-bond acceptors (Lipinski definition) is 7. The quantitative estimate of drug-likeness (QED) is 0.307. The van der Waals surface area contributed by atoms with Crippen molar-refractivity contribution in [2.24, 2.45) is 7.05 Å². The molecule has 0 saturated carbocycles. The van der Waals surface area contributed by atoms with Crippen LogP contribution in [0, 0.1) is 13.8 Å². The predicted octanol–water partition coefficient (Wildman–Crippen LogP) is 6.14. The van der Waals surface area contributed by atoms with Crippen molar-refractivity contribution in [1.82, 2.24) is 19.5 Å². The lowest BCUT2D eigenvalue weighted by atomic mass is 9.95. The lowest BCUT2D eigenvalue weighted by Crippen LogP contribution is -2.44. The van der Waals surface area contributed by atoms with Gasteiger partial charge < -0.3 is 14.5 Å². The van der Waals surface area contributed by atoms with Crippen molar-refractivity contribution in [3.05, 3.63) is 64.2 Å². The summed E-state index contributed by atoms with van der Waals surface area (Å²) in [6.45, 7) is 15.2. The summed E-state index contributed by atoms with van der Waals surface area (Å²) in [6, 6.07) is 9.50. The van der Waals surface area contributed by atoms with E-state index in [0.717, 1.165) is 27.8 Å². The summed E-state index contributed by atoms with van der Waals surface area (Å²) in [5.41, 5.74) is 3.88. The number of aromatic nitrogens is 4. The molecule has 0 aliphatic heterocycles. The first kappa shape index (κ1) is 26.3. The molecule has 0 spiro atoms. The van der Waals surface area contributed by atoms with Crippen LogP contribution in [0.3, 0.4) is 0 Å². The number of pyridine rings is 2. The number of rotatable bonds is 6. The molecule has 0 unspecified atom stereocenters. The molecule has 0 aliphatic rings. The van der Waals surface area contributed by atoms with Crippen LogP contribution in [0.4, 0.5) is 11.8 Å². The van der Waals surface area contributed by atoms with E-state index >= 15 is 0 Å². The van der Waals surface area contributed by atoms with Crippen LogP contribution < -0.4 is 20.0 Å². The summed E-state index contributed by atoms with van der Waals surface area (Å²) in [5, 5.41) is 3.91. The summed E-state index contributed by atoms with van der Waals surface area (Å²) in [6.07, 6.45) is 3.33. The molecule has 0 atom stereocenters. The number of aryl methyl sites for hydroxylation is 2. The van der Waals surface area contributed by atoms with Gasteiger partial charge in [0.2, 0.25) is 14.3 Å². The van der Waals surface area contributed by atoms with E-state index in [-0.39, 0.29) is 10.6 Å². The summed E-state index contributed by atoms with van der Waals surface area (Å²) in [7, 11) is 1.27. The standard InChI is InChI=1S/C28H35N5O3Si/c1-17-10-12-22(36-37(8,9)28(3,4)5)18(2)24(17)21-14-19-15-30-27(32-25(19)33(6)26(21)34)31-23-13-11-20(35-7)16-29-23/h10-16H,1-9H3,(H,29,30,31,32). The summed E-state index contributed by atoms with van der Waals surface area (Å²) in [4.78, 5) is 27.0. The molecular formula is C28H35N5O3Si. The minimum absolute atomic E-state index is 0.0635. The van der Waals surface area contributed by atoms with Gasteiger partial charge in [-0.2, -0.15) is 4.98 Å². The van der Waals surface area contributed by atoms with Gasteiger partial charge in [-0.3, -0.25) is 9.36 Å². The Labute approximate surface area is 218 Å². The number of anilines is 2. The van der Waals surface area contributed by atoms with Gasteiger partial charge in [-0.05, 0) is 72.9 Å². The van der Waals surface area contributed by atoms with Crippen LogP contribution in [-0.2, 0) is 7.05 Å². The molecular weight excluding hydrogens is 482 g/mol. The largest absolute Gasteiger partial charge is 0.543 e. The Bertz CT molecular complexity index is 1520. The van der Waals surface area contributed by atoms with Gasteiger partial charge in [-0.1, -0.05) is 26.8 Å². The van der Waals surface area contributed by atoms with Crippen molar-refractivity contribution in [3.63, 3.8) is 0 Å². The number of ether oxygens (including phenoxy) is 1. The van der Waals surface area contributed by atoms with E-state index in [1.807, 2.05) is 32.0 Å². The third kappa shape index (κ3) is 5.09. The number of nitrogens with zero attached hydrogens (tertiary/aromatic N) is 4. The van der Waals surface area contributed by atoms with Crippen LogP contribution in [0.15, 0.2) is 47.5 Å². The molecule has 0 aliphatic carbocycles. The molecule has 0 radical (unpaired) electrons. The highest BCUT2D eigenvalue weighted by Gasteiger charge is 2.39. The zero-order chi connectivity index (χ0) is 27.1. The molecule has 0 saturated heterocycles. The highest BCUT2D eigenvalue weighted by molar-refractivity contribution is 6.74. The SMILES string of the molecule is COc1ccc(Nc2ncc3cc(-c4c(C)ccc(O[Si](C)(C)C(C)(C)C)c4C)c(=O)n(C)c3n2)nc1. The van der Waals surface area contributed by atoms with Crippen LogP contribution in [0.2, 0.25) is 18.1 Å². The van der Waals surface area contributed by atoms with Gasteiger partial charge in [0.1, 0.15) is 23.0 Å². The van der Waals surface area contributed by atoms with Gasteiger partial charge >= 0.3 is 0 Å². The van der Waals surface area contributed by atoms with E-state index in [4.69, 9.17) is 9.16 Å². The molecule has 4 aromatic rings. The van der Waals surface area contributed by atoms with Crippen LogP contribution in [0.1, 0.15) is 31.9 Å². The van der Waals surface area contributed by atoms with Gasteiger partial charge in [-0.15, -0.1) is 0 Å². The highest BCUT2D eigenvalue weighted by atomic mass is 28.4. The molecule has 3 aromatic heterocycles. The number of fused-ring (bicyclic) bond motifs is 1. The molecule has 194 valence electrons. The fraction of sp³-hybridized carbons (Fsp3) is 0.357. The zero-order valence-corrected chi connectivity index (χ0v) is 24.1. The number of benzene rings is 1. The Hall–Kier alpha value is -3.72. The Morgan fingerprint density at radius 2 is 1.76 bits per heavy atom. The van der Waals surface area contributed by atoms with E-state index in [9.17, 15) is 4.79 Å². The Balaban J connectivity index is 1.77. The second kappa shape index (κ2) is 9.62. The maximum absolute atomic E-state index is 13.6. The number of hydrogen-bond donors (Lipinski definition) is 1. The third-order valence-corrected chi connectivity index (χ3v) is 11.6. The maximum atomic E-state index is 13.6.